The van der Waals surface area contributed by atoms with Gasteiger partial charge in [-0.25, -0.2) is 4.79 Å². The lowest BCUT2D eigenvalue weighted by atomic mass is 10.1. The summed E-state index contributed by atoms with van der Waals surface area (Å²) >= 11 is 0. The van der Waals surface area contributed by atoms with E-state index in [1.54, 1.807) is 0 Å². The first-order valence-corrected chi connectivity index (χ1v) is 6.77. The van der Waals surface area contributed by atoms with Gasteiger partial charge in [0.25, 0.3) is 0 Å². The van der Waals surface area contributed by atoms with Crippen LogP contribution in [-0.2, 0) is 20.7 Å². The molecule has 2 aromatic rings. The summed E-state index contributed by atoms with van der Waals surface area (Å²) < 4.78 is 4.83. The van der Waals surface area contributed by atoms with E-state index in [4.69, 9.17) is 9.84 Å². The second-order valence-electron chi connectivity index (χ2n) is 4.70. The number of aromatic amines is 1. The monoisotopic (exact) mass is 290 g/mol. The van der Waals surface area contributed by atoms with Crippen molar-refractivity contribution in [2.24, 2.45) is 0 Å². The van der Waals surface area contributed by atoms with Crippen molar-refractivity contribution >= 4 is 22.8 Å². The predicted molar refractivity (Wildman–Crippen MR) is 78.1 cm³/mol. The summed E-state index contributed by atoms with van der Waals surface area (Å²) in [6, 6.07) is 8.07. The Morgan fingerprint density at radius 3 is 2.95 bits per heavy atom. The van der Waals surface area contributed by atoms with Gasteiger partial charge in [0.1, 0.15) is 6.61 Å². The number of aryl methyl sites for hydroxylation is 1. The Kier molecular flexibility index (Phi) is 5.34. The zero-order chi connectivity index (χ0) is 15.1. The van der Waals surface area contributed by atoms with E-state index < -0.39 is 5.97 Å². The van der Waals surface area contributed by atoms with Crippen molar-refractivity contribution < 1.29 is 19.4 Å². The molecular formula is C15H18N2O4. The van der Waals surface area contributed by atoms with E-state index in [2.05, 4.69) is 16.4 Å². The Labute approximate surface area is 122 Å². The van der Waals surface area contributed by atoms with Gasteiger partial charge in [-0.05, 0) is 35.6 Å². The van der Waals surface area contributed by atoms with Crippen LogP contribution in [0.15, 0.2) is 30.5 Å². The second-order valence-corrected chi connectivity index (χ2v) is 4.70. The first-order valence-electron chi connectivity index (χ1n) is 6.77. The van der Waals surface area contributed by atoms with Crippen LogP contribution >= 0.6 is 0 Å². The summed E-state index contributed by atoms with van der Waals surface area (Å²) in [7, 11) is 0. The topological polar surface area (TPSA) is 91.4 Å². The van der Waals surface area contributed by atoms with E-state index in [0.29, 0.717) is 19.4 Å². The molecular weight excluding hydrogens is 272 g/mol. The number of hydrogen-bond donors (Lipinski definition) is 3. The summed E-state index contributed by atoms with van der Waals surface area (Å²) in [6.45, 7) is 0.183. The standard InChI is InChI=1S/C15H18N2O4/c18-14(17-7-8-21-10-15(19)20)4-2-11-1-3-13-12(9-11)5-6-16-13/h1,3,5-6,9,16H,2,4,7-8,10H2,(H,17,18)(H,19,20). The zero-order valence-corrected chi connectivity index (χ0v) is 11.6. The lowest BCUT2D eigenvalue weighted by Gasteiger charge is -2.05. The third kappa shape index (κ3) is 4.92. The van der Waals surface area contributed by atoms with Gasteiger partial charge >= 0.3 is 5.97 Å². The van der Waals surface area contributed by atoms with Crippen molar-refractivity contribution in [3.63, 3.8) is 0 Å². The minimum absolute atomic E-state index is 0.0666. The molecule has 0 unspecified atom stereocenters. The number of nitrogens with one attached hydrogen (secondary N) is 2. The number of fused-ring (bicyclic) bond motifs is 1. The second kappa shape index (κ2) is 7.44. The fourth-order valence-corrected chi connectivity index (χ4v) is 2.03. The summed E-state index contributed by atoms with van der Waals surface area (Å²) in [5.74, 6) is -1.08. The average Bonchev–Trinajstić information content (AvgIpc) is 2.92. The van der Waals surface area contributed by atoms with Crippen LogP contribution in [0.5, 0.6) is 0 Å². The largest absolute Gasteiger partial charge is 0.480 e. The molecule has 1 amide bonds. The maximum Gasteiger partial charge on any atom is 0.329 e. The molecule has 0 aliphatic rings. The maximum atomic E-state index is 11.6. The van der Waals surface area contributed by atoms with Crippen LogP contribution in [0.25, 0.3) is 10.9 Å². The molecule has 2 rings (SSSR count). The third-order valence-electron chi connectivity index (χ3n) is 3.05. The summed E-state index contributed by atoms with van der Waals surface area (Å²) in [5, 5.41) is 12.2. The van der Waals surface area contributed by atoms with Crippen LogP contribution in [0.1, 0.15) is 12.0 Å². The molecule has 0 radical (unpaired) electrons. The third-order valence-corrected chi connectivity index (χ3v) is 3.05. The summed E-state index contributed by atoms with van der Waals surface area (Å²) in [5.41, 5.74) is 2.19. The highest BCUT2D eigenvalue weighted by atomic mass is 16.5. The smallest absolute Gasteiger partial charge is 0.329 e. The first-order chi connectivity index (χ1) is 10.1. The number of carbonyl (C=O) groups excluding carboxylic acids is 1. The zero-order valence-electron chi connectivity index (χ0n) is 11.6. The normalized spacial score (nSPS) is 10.7. The molecule has 112 valence electrons. The lowest BCUT2D eigenvalue weighted by molar-refractivity contribution is -0.142. The van der Waals surface area contributed by atoms with Crippen molar-refractivity contribution in [1.82, 2.24) is 10.3 Å². The summed E-state index contributed by atoms with van der Waals surface area (Å²) in [6.07, 6.45) is 2.95. The van der Waals surface area contributed by atoms with Crippen LogP contribution in [-0.4, -0.2) is 41.7 Å². The molecule has 1 aromatic heterocycles. The molecule has 0 saturated heterocycles. The minimum atomic E-state index is -1.01. The number of H-pyrrole nitrogens is 1. The number of amides is 1. The molecule has 21 heavy (non-hydrogen) atoms. The number of ether oxygens (including phenoxy) is 1. The Hall–Kier alpha value is -2.34. The number of benzene rings is 1. The van der Waals surface area contributed by atoms with Crippen LogP contribution in [0.3, 0.4) is 0 Å². The SMILES string of the molecule is O=C(O)COCCNC(=O)CCc1ccc2[nH]ccc2c1. The molecule has 0 bridgehead atoms. The molecule has 1 aromatic carbocycles. The van der Waals surface area contributed by atoms with E-state index in [9.17, 15) is 9.59 Å². The van der Waals surface area contributed by atoms with Crippen LogP contribution in [0.2, 0.25) is 0 Å². The van der Waals surface area contributed by atoms with Gasteiger partial charge < -0.3 is 20.1 Å². The van der Waals surface area contributed by atoms with Crippen molar-refractivity contribution in [3.05, 3.63) is 36.0 Å². The number of carboxylic acid groups (broad SMARTS) is 1. The highest BCUT2D eigenvalue weighted by molar-refractivity contribution is 5.80. The molecule has 0 saturated carbocycles. The molecule has 3 N–H and O–H groups in total. The van der Waals surface area contributed by atoms with Gasteiger partial charge in [0.05, 0.1) is 6.61 Å². The highest BCUT2D eigenvalue weighted by Gasteiger charge is 2.03. The number of carbonyl (C=O) groups is 2. The van der Waals surface area contributed by atoms with E-state index in [1.807, 2.05) is 24.4 Å². The molecule has 1 heterocycles. The van der Waals surface area contributed by atoms with Crippen LogP contribution in [0.4, 0.5) is 0 Å². The Balaban J connectivity index is 1.67. The van der Waals surface area contributed by atoms with Gasteiger partial charge in [-0.15, -0.1) is 0 Å². The first kappa shape index (κ1) is 15.1. The molecule has 6 nitrogen and oxygen atoms in total. The Morgan fingerprint density at radius 1 is 1.29 bits per heavy atom. The molecule has 0 atom stereocenters. The van der Waals surface area contributed by atoms with Crippen molar-refractivity contribution in [2.45, 2.75) is 12.8 Å². The molecule has 0 spiro atoms. The molecule has 0 aliphatic heterocycles. The van der Waals surface area contributed by atoms with Gasteiger partial charge in [0, 0.05) is 24.7 Å². The fraction of sp³-hybridized carbons (Fsp3) is 0.333. The van der Waals surface area contributed by atoms with E-state index in [1.165, 1.54) is 0 Å². The van der Waals surface area contributed by atoms with Gasteiger partial charge in [0.2, 0.25) is 5.91 Å². The number of carboxylic acids is 1. The van der Waals surface area contributed by atoms with E-state index >= 15 is 0 Å². The molecule has 0 aliphatic carbocycles. The summed E-state index contributed by atoms with van der Waals surface area (Å²) in [4.78, 5) is 25.0. The van der Waals surface area contributed by atoms with Crippen molar-refractivity contribution in [2.75, 3.05) is 19.8 Å². The Bertz CT molecular complexity index is 621. The number of rotatable bonds is 8. The van der Waals surface area contributed by atoms with Crippen molar-refractivity contribution in [1.29, 1.82) is 0 Å². The number of hydrogen-bond acceptors (Lipinski definition) is 3. The highest BCUT2D eigenvalue weighted by Crippen LogP contribution is 2.15. The maximum absolute atomic E-state index is 11.6. The van der Waals surface area contributed by atoms with Crippen LogP contribution < -0.4 is 5.32 Å². The van der Waals surface area contributed by atoms with Gasteiger partial charge in [0.15, 0.2) is 0 Å². The average molecular weight is 290 g/mol. The molecule has 6 heteroatoms. The van der Waals surface area contributed by atoms with Gasteiger partial charge in [-0.2, -0.15) is 0 Å². The number of aromatic nitrogens is 1. The van der Waals surface area contributed by atoms with E-state index in [-0.39, 0.29) is 19.1 Å². The fourth-order valence-electron chi connectivity index (χ4n) is 2.03. The van der Waals surface area contributed by atoms with Crippen molar-refractivity contribution in [3.8, 4) is 0 Å². The quantitative estimate of drug-likeness (QED) is 0.639. The number of aliphatic carboxylic acids is 1. The predicted octanol–water partition coefficient (Wildman–Crippen LogP) is 1.32. The van der Waals surface area contributed by atoms with Crippen LogP contribution in [0, 0.1) is 0 Å². The van der Waals surface area contributed by atoms with E-state index in [0.717, 1.165) is 16.5 Å². The van der Waals surface area contributed by atoms with Gasteiger partial charge in [-0.3, -0.25) is 4.79 Å². The lowest BCUT2D eigenvalue weighted by Crippen LogP contribution is -2.28. The Morgan fingerprint density at radius 2 is 2.14 bits per heavy atom. The molecule has 0 fully saturated rings. The minimum Gasteiger partial charge on any atom is -0.480 e. The van der Waals surface area contributed by atoms with Gasteiger partial charge in [-0.1, -0.05) is 6.07 Å².